The second-order valence-corrected chi connectivity index (χ2v) is 8.47. The van der Waals surface area contributed by atoms with Crippen LogP contribution in [0.5, 0.6) is 11.5 Å². The lowest BCUT2D eigenvalue weighted by atomic mass is 10.1. The van der Waals surface area contributed by atoms with E-state index in [0.29, 0.717) is 29.2 Å². The summed E-state index contributed by atoms with van der Waals surface area (Å²) < 4.78 is 24.6. The molecule has 0 saturated heterocycles. The number of nitrogens with one attached hydrogen (secondary N) is 1. The zero-order valence-electron chi connectivity index (χ0n) is 20.6. The third-order valence-electron chi connectivity index (χ3n) is 5.75. The van der Waals surface area contributed by atoms with Crippen molar-refractivity contribution in [2.75, 3.05) is 14.2 Å². The number of carbonyl (C=O) groups is 1. The summed E-state index contributed by atoms with van der Waals surface area (Å²) >= 11 is 0. The topological polar surface area (TPSA) is 97.4 Å². The fourth-order valence-electron chi connectivity index (χ4n) is 3.74. The van der Waals surface area contributed by atoms with Crippen molar-refractivity contribution in [3.8, 4) is 22.9 Å². The molecule has 37 heavy (non-hydrogen) atoms. The Labute approximate surface area is 213 Å². The third kappa shape index (κ3) is 6.78. The second kappa shape index (κ2) is 11.9. The third-order valence-corrected chi connectivity index (χ3v) is 5.75. The van der Waals surface area contributed by atoms with E-state index in [-0.39, 0.29) is 42.7 Å². The highest BCUT2D eigenvalue weighted by molar-refractivity contribution is 5.76. The molecule has 1 aromatic heterocycles. The van der Waals surface area contributed by atoms with Crippen molar-refractivity contribution >= 4 is 5.91 Å². The molecular formula is C28H27FN4O4. The van der Waals surface area contributed by atoms with Gasteiger partial charge in [0.05, 0.1) is 7.11 Å². The maximum atomic E-state index is 13.4. The van der Waals surface area contributed by atoms with E-state index in [1.54, 1.807) is 42.3 Å². The zero-order chi connectivity index (χ0) is 26.2. The van der Waals surface area contributed by atoms with Crippen molar-refractivity contribution in [1.29, 1.82) is 0 Å². The Balaban J connectivity index is 1.39. The molecule has 0 aliphatic carbocycles. The van der Waals surface area contributed by atoms with E-state index in [4.69, 9.17) is 9.47 Å². The Bertz CT molecular complexity index is 1430. The lowest BCUT2D eigenvalue weighted by Gasteiger charge is -2.17. The SMILES string of the molecule is COc1cc(-c2nnc(CCC(=O)N(C)Cc3ccccc3)c(=O)[nH]2)ccc1OCc1cccc(F)c1. The van der Waals surface area contributed by atoms with E-state index in [9.17, 15) is 14.0 Å². The van der Waals surface area contributed by atoms with Crippen LogP contribution in [0.4, 0.5) is 4.39 Å². The van der Waals surface area contributed by atoms with E-state index >= 15 is 0 Å². The molecule has 1 N–H and O–H groups in total. The van der Waals surface area contributed by atoms with Gasteiger partial charge in [0.25, 0.3) is 5.56 Å². The van der Waals surface area contributed by atoms with E-state index in [2.05, 4.69) is 15.2 Å². The number of benzene rings is 3. The minimum atomic E-state index is -0.408. The van der Waals surface area contributed by atoms with E-state index < -0.39 is 5.56 Å². The fourth-order valence-corrected chi connectivity index (χ4v) is 3.74. The van der Waals surface area contributed by atoms with Gasteiger partial charge in [0, 0.05) is 32.0 Å². The fraction of sp³-hybridized carbons (Fsp3) is 0.214. The summed E-state index contributed by atoms with van der Waals surface area (Å²) in [5.41, 5.74) is 2.06. The van der Waals surface area contributed by atoms with Gasteiger partial charge in [0.1, 0.15) is 18.1 Å². The van der Waals surface area contributed by atoms with Gasteiger partial charge in [-0.25, -0.2) is 4.39 Å². The Morgan fingerprint density at radius 1 is 0.973 bits per heavy atom. The molecule has 0 fully saturated rings. The van der Waals surface area contributed by atoms with Gasteiger partial charge in [0.15, 0.2) is 17.3 Å². The van der Waals surface area contributed by atoms with Crippen molar-refractivity contribution in [1.82, 2.24) is 20.1 Å². The van der Waals surface area contributed by atoms with Gasteiger partial charge < -0.3 is 19.4 Å². The van der Waals surface area contributed by atoms with Crippen LogP contribution in [0.15, 0.2) is 77.6 Å². The van der Waals surface area contributed by atoms with Crippen LogP contribution in [0.3, 0.4) is 0 Å². The van der Waals surface area contributed by atoms with E-state index in [1.165, 1.54) is 19.2 Å². The van der Waals surface area contributed by atoms with Crippen LogP contribution in [0.1, 0.15) is 23.2 Å². The maximum Gasteiger partial charge on any atom is 0.273 e. The monoisotopic (exact) mass is 502 g/mol. The highest BCUT2D eigenvalue weighted by atomic mass is 19.1. The number of ether oxygens (including phenoxy) is 2. The summed E-state index contributed by atoms with van der Waals surface area (Å²) in [7, 11) is 3.23. The number of aromatic nitrogens is 3. The number of aromatic amines is 1. The van der Waals surface area contributed by atoms with Crippen molar-refractivity contribution in [2.24, 2.45) is 0 Å². The number of amides is 1. The van der Waals surface area contributed by atoms with Gasteiger partial charge in [-0.3, -0.25) is 9.59 Å². The Kier molecular flexibility index (Phi) is 8.25. The molecule has 9 heteroatoms. The molecule has 0 saturated carbocycles. The molecular weight excluding hydrogens is 475 g/mol. The number of H-pyrrole nitrogens is 1. The Hall–Kier alpha value is -4.53. The molecule has 4 aromatic rings. The standard InChI is InChI=1S/C28H27FN4O4/c1-33(17-19-7-4-3-5-8-19)26(34)14-12-23-28(35)30-27(32-31-23)21-11-13-24(25(16-21)36-2)37-18-20-9-6-10-22(29)15-20/h3-11,13,15-16H,12,14,17-18H2,1-2H3,(H,30,32,35). The zero-order valence-corrected chi connectivity index (χ0v) is 20.6. The first kappa shape index (κ1) is 25.6. The van der Waals surface area contributed by atoms with Gasteiger partial charge in [-0.15, -0.1) is 10.2 Å². The Morgan fingerprint density at radius 3 is 2.49 bits per heavy atom. The molecule has 0 radical (unpaired) electrons. The smallest absolute Gasteiger partial charge is 0.273 e. The molecule has 0 bridgehead atoms. The second-order valence-electron chi connectivity index (χ2n) is 8.47. The molecule has 190 valence electrons. The highest BCUT2D eigenvalue weighted by Crippen LogP contribution is 2.31. The van der Waals surface area contributed by atoms with Crippen LogP contribution < -0.4 is 15.0 Å². The van der Waals surface area contributed by atoms with Gasteiger partial charge in [-0.2, -0.15) is 0 Å². The summed E-state index contributed by atoms with van der Waals surface area (Å²) in [6.07, 6.45) is 0.322. The Morgan fingerprint density at radius 2 is 1.76 bits per heavy atom. The minimum absolute atomic E-state index is 0.0901. The van der Waals surface area contributed by atoms with Crippen LogP contribution >= 0.6 is 0 Å². The van der Waals surface area contributed by atoms with Crippen molar-refractivity contribution < 1.29 is 18.7 Å². The highest BCUT2D eigenvalue weighted by Gasteiger charge is 2.14. The van der Waals surface area contributed by atoms with Gasteiger partial charge >= 0.3 is 0 Å². The van der Waals surface area contributed by atoms with Crippen LogP contribution in [0.25, 0.3) is 11.4 Å². The normalized spacial score (nSPS) is 10.7. The molecule has 1 heterocycles. The van der Waals surface area contributed by atoms with Crippen LogP contribution in [0.2, 0.25) is 0 Å². The summed E-state index contributed by atoms with van der Waals surface area (Å²) in [6.45, 7) is 0.655. The van der Waals surface area contributed by atoms with Gasteiger partial charge in [0.2, 0.25) is 5.91 Å². The summed E-state index contributed by atoms with van der Waals surface area (Å²) in [4.78, 5) is 29.5. The number of carbonyl (C=O) groups excluding carboxylic acids is 1. The number of hydrogen-bond donors (Lipinski definition) is 1. The number of rotatable bonds is 10. The molecule has 3 aromatic carbocycles. The van der Waals surface area contributed by atoms with Crippen molar-refractivity contribution in [3.05, 3.63) is 106 Å². The van der Waals surface area contributed by atoms with Crippen molar-refractivity contribution in [3.63, 3.8) is 0 Å². The van der Waals surface area contributed by atoms with E-state index in [1.807, 2.05) is 30.3 Å². The average Bonchev–Trinajstić information content (AvgIpc) is 2.91. The lowest BCUT2D eigenvalue weighted by molar-refractivity contribution is -0.130. The van der Waals surface area contributed by atoms with Crippen molar-refractivity contribution in [2.45, 2.75) is 26.0 Å². The van der Waals surface area contributed by atoms with Crippen LogP contribution in [-0.2, 0) is 24.4 Å². The first-order chi connectivity index (χ1) is 17.9. The molecule has 0 aliphatic heterocycles. The lowest BCUT2D eigenvalue weighted by Crippen LogP contribution is -2.27. The number of hydrogen-bond acceptors (Lipinski definition) is 6. The number of aryl methyl sites for hydroxylation is 1. The quantitative estimate of drug-likeness (QED) is 0.350. The molecule has 0 spiro atoms. The minimum Gasteiger partial charge on any atom is -0.493 e. The molecule has 4 rings (SSSR count). The first-order valence-electron chi connectivity index (χ1n) is 11.7. The van der Waals surface area contributed by atoms with E-state index in [0.717, 1.165) is 5.56 Å². The summed E-state index contributed by atoms with van der Waals surface area (Å²) in [6, 6.07) is 20.9. The van der Waals surface area contributed by atoms with Gasteiger partial charge in [-0.05, 0) is 41.5 Å². The predicted molar refractivity (Wildman–Crippen MR) is 137 cm³/mol. The molecule has 0 unspecified atom stereocenters. The van der Waals surface area contributed by atoms with Gasteiger partial charge in [-0.1, -0.05) is 42.5 Å². The average molecular weight is 503 g/mol. The van der Waals surface area contributed by atoms with Crippen LogP contribution in [-0.4, -0.2) is 40.1 Å². The number of methoxy groups -OCH3 is 1. The number of nitrogens with zero attached hydrogens (tertiary/aromatic N) is 3. The predicted octanol–water partition coefficient (Wildman–Crippen LogP) is 4.15. The first-order valence-corrected chi connectivity index (χ1v) is 11.7. The molecule has 8 nitrogen and oxygen atoms in total. The summed E-state index contributed by atoms with van der Waals surface area (Å²) in [5, 5.41) is 8.20. The molecule has 0 aliphatic rings. The number of halogens is 1. The molecule has 0 atom stereocenters. The largest absolute Gasteiger partial charge is 0.493 e. The summed E-state index contributed by atoms with van der Waals surface area (Å²) in [5.74, 6) is 0.718. The maximum absolute atomic E-state index is 13.4. The van der Waals surface area contributed by atoms with Crippen LogP contribution in [0, 0.1) is 5.82 Å². The molecule has 1 amide bonds.